The van der Waals surface area contributed by atoms with Crippen LogP contribution in [0.15, 0.2) is 35.7 Å². The number of Topliss-reactive ketones (excluding diaryl/α,β-unsaturated/α-hetero) is 1. The third kappa shape index (κ3) is 4.28. The molecule has 0 saturated heterocycles. The Labute approximate surface area is 185 Å². The quantitative estimate of drug-likeness (QED) is 0.639. The summed E-state index contributed by atoms with van der Waals surface area (Å²) in [5.41, 5.74) is -0.364. The van der Waals surface area contributed by atoms with Gasteiger partial charge in [-0.05, 0) is 24.6 Å². The minimum atomic E-state index is -4.71. The van der Waals surface area contributed by atoms with E-state index in [-0.39, 0.29) is 60.0 Å². The molecule has 0 radical (unpaired) electrons. The van der Waals surface area contributed by atoms with Crippen LogP contribution >= 0.6 is 0 Å². The van der Waals surface area contributed by atoms with E-state index in [1.54, 1.807) is 32.4 Å². The van der Waals surface area contributed by atoms with Crippen LogP contribution in [-0.2, 0) is 26.3 Å². The highest BCUT2D eigenvalue weighted by Gasteiger charge is 2.39. The number of carboxylic acid groups (broad SMARTS) is 1. The lowest BCUT2D eigenvalue weighted by atomic mass is 9.94. The molecule has 3 aromatic rings. The van der Waals surface area contributed by atoms with Crippen LogP contribution in [0.5, 0.6) is 5.75 Å². The van der Waals surface area contributed by atoms with E-state index in [2.05, 4.69) is 10.1 Å². The lowest BCUT2D eigenvalue weighted by Gasteiger charge is -2.21. The van der Waals surface area contributed by atoms with Crippen molar-refractivity contribution >= 4 is 11.9 Å². The fraction of sp³-hybridized carbons (Fsp3) is 0.333. The summed E-state index contributed by atoms with van der Waals surface area (Å²) < 4.78 is 51.1. The number of hydrogen-bond acceptors (Lipinski definition) is 4. The predicted molar refractivity (Wildman–Crippen MR) is 109 cm³/mol. The number of rotatable bonds is 4. The number of carbonyl (C=O) groups is 2. The lowest BCUT2D eigenvalue weighted by molar-refractivity contribution is -0.141. The molecular formula is C21H20F3N5O4. The molecule has 1 amide bonds. The van der Waals surface area contributed by atoms with Crippen molar-refractivity contribution < 1.29 is 32.6 Å². The first kappa shape index (κ1) is 22.4. The number of halogens is 3. The molecule has 2 aromatic heterocycles. The number of hydrogen-bond donors (Lipinski definition) is 1. The maximum atomic E-state index is 13.8. The van der Waals surface area contributed by atoms with Crippen molar-refractivity contribution in [3.8, 4) is 16.9 Å². The van der Waals surface area contributed by atoms with Crippen LogP contribution in [0.2, 0.25) is 0 Å². The Kier molecular flexibility index (Phi) is 5.60. The summed E-state index contributed by atoms with van der Waals surface area (Å²) in [6, 6.07) is 3.07. The molecule has 0 spiro atoms. The normalized spacial score (nSPS) is 14.3. The monoisotopic (exact) mass is 463 g/mol. The molecule has 174 valence electrons. The van der Waals surface area contributed by atoms with Gasteiger partial charge in [-0.15, -0.1) is 4.99 Å². The Morgan fingerprint density at radius 2 is 1.97 bits per heavy atom. The van der Waals surface area contributed by atoms with E-state index < -0.39 is 18.0 Å². The first-order valence-electron chi connectivity index (χ1n) is 10.1. The number of nitrogens with zero attached hydrogens (tertiary/aromatic N) is 5. The van der Waals surface area contributed by atoms with E-state index >= 15 is 0 Å². The lowest BCUT2D eigenvalue weighted by Crippen LogP contribution is -2.26. The summed E-state index contributed by atoms with van der Waals surface area (Å²) in [6.07, 6.45) is -1.52. The second-order valence-electron chi connectivity index (χ2n) is 7.52. The highest BCUT2D eigenvalue weighted by molar-refractivity contribution is 6.02. The molecule has 33 heavy (non-hydrogen) atoms. The van der Waals surface area contributed by atoms with Crippen molar-refractivity contribution in [2.24, 2.45) is 12.0 Å². The molecule has 0 unspecified atom stereocenters. The van der Waals surface area contributed by atoms with Gasteiger partial charge in [0.15, 0.2) is 11.5 Å². The number of benzene rings is 1. The van der Waals surface area contributed by atoms with Crippen LogP contribution in [-0.4, -0.2) is 42.5 Å². The van der Waals surface area contributed by atoms with Crippen LogP contribution < -0.4 is 10.4 Å². The van der Waals surface area contributed by atoms with Gasteiger partial charge in [0.2, 0.25) is 5.62 Å². The molecule has 0 aliphatic carbocycles. The van der Waals surface area contributed by atoms with Gasteiger partial charge in [-0.3, -0.25) is 9.48 Å². The summed E-state index contributed by atoms with van der Waals surface area (Å²) in [7, 11) is 1.61. The number of alkyl halides is 3. The Hall–Kier alpha value is -3.83. The summed E-state index contributed by atoms with van der Waals surface area (Å²) >= 11 is 0. The molecule has 0 fully saturated rings. The summed E-state index contributed by atoms with van der Waals surface area (Å²) in [6.45, 7) is 2.04. The van der Waals surface area contributed by atoms with Gasteiger partial charge in [0.05, 0.1) is 18.7 Å². The molecule has 12 heteroatoms. The van der Waals surface area contributed by atoms with Gasteiger partial charge in [-0.1, -0.05) is 0 Å². The number of ether oxygens (including phenoxy) is 1. The molecule has 4 rings (SSSR count). The molecule has 0 saturated carbocycles. The largest absolute Gasteiger partial charge is 0.492 e. The number of imidazole rings is 1. The van der Waals surface area contributed by atoms with E-state index in [1.807, 2.05) is 0 Å². The highest BCUT2D eigenvalue weighted by Crippen LogP contribution is 2.43. The van der Waals surface area contributed by atoms with Crippen molar-refractivity contribution in [1.29, 1.82) is 0 Å². The average Bonchev–Trinajstić information content (AvgIpc) is 3.33. The van der Waals surface area contributed by atoms with Gasteiger partial charge in [-0.2, -0.15) is 18.3 Å². The van der Waals surface area contributed by atoms with Gasteiger partial charge in [-0.25, -0.2) is 4.79 Å². The van der Waals surface area contributed by atoms with Crippen molar-refractivity contribution in [2.45, 2.75) is 32.6 Å². The topological polar surface area (TPSA) is 104 Å². The Morgan fingerprint density at radius 1 is 1.24 bits per heavy atom. The zero-order chi connectivity index (χ0) is 23.9. The first-order valence-corrected chi connectivity index (χ1v) is 10.1. The second kappa shape index (κ2) is 8.26. The minimum absolute atomic E-state index is 0.0660. The van der Waals surface area contributed by atoms with Gasteiger partial charge in [0, 0.05) is 49.7 Å². The fourth-order valence-corrected chi connectivity index (χ4v) is 3.78. The number of ketones is 1. The fourth-order valence-electron chi connectivity index (χ4n) is 3.78. The van der Waals surface area contributed by atoms with E-state index in [0.29, 0.717) is 5.56 Å². The molecule has 3 heterocycles. The van der Waals surface area contributed by atoms with Gasteiger partial charge in [0.1, 0.15) is 5.75 Å². The Balaban J connectivity index is 1.92. The van der Waals surface area contributed by atoms with Crippen LogP contribution in [0.25, 0.3) is 11.1 Å². The second-order valence-corrected chi connectivity index (χ2v) is 7.52. The van der Waals surface area contributed by atoms with Gasteiger partial charge < -0.3 is 19.0 Å². The average molecular weight is 463 g/mol. The van der Waals surface area contributed by atoms with Crippen LogP contribution in [0.3, 0.4) is 0 Å². The van der Waals surface area contributed by atoms with Crippen LogP contribution in [0.1, 0.15) is 35.0 Å². The minimum Gasteiger partial charge on any atom is -0.492 e. The highest BCUT2D eigenvalue weighted by atomic mass is 19.4. The smallest absolute Gasteiger partial charge is 0.435 e. The van der Waals surface area contributed by atoms with Gasteiger partial charge in [0.25, 0.3) is 0 Å². The van der Waals surface area contributed by atoms with Crippen LogP contribution in [0, 0.1) is 0 Å². The maximum absolute atomic E-state index is 13.8. The van der Waals surface area contributed by atoms with Crippen LogP contribution in [0.4, 0.5) is 18.0 Å². The molecule has 1 aliphatic heterocycles. The van der Waals surface area contributed by atoms with E-state index in [1.165, 1.54) is 26.1 Å². The SMILES string of the molecule is CCn1cc(-c2cc(Cn3ccn(C)/c3=N/C(=O)O)cc3c2OCCC3=O)c(C(F)(F)F)n1. The number of aryl methyl sites for hydroxylation is 2. The molecule has 1 aromatic carbocycles. The standard InChI is InChI=1S/C21H20F3N5O4/c1-3-29-11-15(18(26-29)21(22,23)24)13-8-12(9-14-16(30)4-7-33-17(13)14)10-28-6-5-27(2)19(28)25-20(31)32/h5-6,8-9,11H,3-4,7,10H2,1-2H3,(H,31,32)/b25-19-. The maximum Gasteiger partial charge on any atom is 0.435 e. The Bertz CT molecular complexity index is 1320. The van der Waals surface area contributed by atoms with E-state index in [4.69, 9.17) is 9.84 Å². The molecule has 1 N–H and O–H groups in total. The number of carbonyl (C=O) groups excluding carboxylic acids is 1. The third-order valence-electron chi connectivity index (χ3n) is 5.26. The zero-order valence-corrected chi connectivity index (χ0v) is 17.8. The molecule has 0 bridgehead atoms. The van der Waals surface area contributed by atoms with Crippen molar-refractivity contribution in [1.82, 2.24) is 18.9 Å². The first-order chi connectivity index (χ1) is 15.6. The number of amides is 1. The van der Waals surface area contributed by atoms with E-state index in [9.17, 15) is 22.8 Å². The van der Waals surface area contributed by atoms with Crippen molar-refractivity contribution in [3.05, 3.63) is 53.2 Å². The summed E-state index contributed by atoms with van der Waals surface area (Å²) in [5, 5.41) is 12.7. The van der Waals surface area contributed by atoms with Crippen molar-refractivity contribution in [3.63, 3.8) is 0 Å². The third-order valence-corrected chi connectivity index (χ3v) is 5.26. The predicted octanol–water partition coefficient (Wildman–Crippen LogP) is 3.32. The van der Waals surface area contributed by atoms with Crippen molar-refractivity contribution in [2.75, 3.05) is 6.61 Å². The Morgan fingerprint density at radius 3 is 2.64 bits per heavy atom. The van der Waals surface area contributed by atoms with Gasteiger partial charge >= 0.3 is 12.3 Å². The zero-order valence-electron chi connectivity index (χ0n) is 17.8. The molecule has 0 atom stereocenters. The molecular weight excluding hydrogens is 443 g/mol. The summed E-state index contributed by atoms with van der Waals surface area (Å²) in [5.74, 6) is -0.158. The van der Waals surface area contributed by atoms with E-state index in [0.717, 1.165) is 0 Å². The molecule has 9 nitrogen and oxygen atoms in total. The number of aromatic nitrogens is 4. The number of fused-ring (bicyclic) bond motifs is 1. The molecule has 1 aliphatic rings. The summed E-state index contributed by atoms with van der Waals surface area (Å²) in [4.78, 5) is 27.2.